The van der Waals surface area contributed by atoms with E-state index in [0.29, 0.717) is 36.7 Å². The van der Waals surface area contributed by atoms with Crippen LogP contribution in [0.4, 0.5) is 0 Å². The maximum Gasteiger partial charge on any atom is 0.307 e. The van der Waals surface area contributed by atoms with Gasteiger partial charge in [-0.05, 0) is 84.3 Å². The number of benzene rings is 3. The zero-order valence-corrected chi connectivity index (χ0v) is 24.3. The fourth-order valence-electron chi connectivity index (χ4n) is 3.74. The summed E-state index contributed by atoms with van der Waals surface area (Å²) in [6.07, 6.45) is 3.97. The number of hydrogen-bond donors (Lipinski definition) is 1. The van der Waals surface area contributed by atoms with E-state index in [9.17, 15) is 4.79 Å². The fourth-order valence-corrected chi connectivity index (χ4v) is 5.40. The van der Waals surface area contributed by atoms with Crippen molar-refractivity contribution >= 4 is 61.6 Å². The second-order valence-corrected chi connectivity index (χ2v) is 10.4. The molecule has 3 aromatic carbocycles. The van der Waals surface area contributed by atoms with Gasteiger partial charge in [-0.2, -0.15) is 5.10 Å². The lowest BCUT2D eigenvalue weighted by Crippen LogP contribution is -2.16. The molecule has 0 aliphatic heterocycles. The molecule has 0 aliphatic rings. The molecule has 1 amide bonds. The number of furan rings is 1. The van der Waals surface area contributed by atoms with Crippen molar-refractivity contribution in [3.05, 3.63) is 103 Å². The van der Waals surface area contributed by atoms with Gasteiger partial charge in [0.15, 0.2) is 17.3 Å². The third-order valence-corrected chi connectivity index (χ3v) is 6.72. The molecule has 1 N–H and O–H groups in total. The number of nitrogens with zero attached hydrogens (tertiary/aromatic N) is 1. The van der Waals surface area contributed by atoms with E-state index in [1.54, 1.807) is 12.3 Å². The largest absolute Gasteiger partial charge is 0.490 e. The first-order valence-electron chi connectivity index (χ1n) is 11.7. The van der Waals surface area contributed by atoms with Gasteiger partial charge in [-0.25, -0.2) is 5.43 Å². The minimum Gasteiger partial charge on any atom is -0.490 e. The molecule has 6 nitrogen and oxygen atoms in total. The number of carbonyl (C=O) groups excluding carboxylic acids is 1. The number of allylic oxidation sites excluding steroid dienone is 1. The number of hydrazone groups is 1. The van der Waals surface area contributed by atoms with Crippen LogP contribution in [0, 0.1) is 10.5 Å². The van der Waals surface area contributed by atoms with Crippen molar-refractivity contribution in [3.63, 3.8) is 0 Å². The van der Waals surface area contributed by atoms with E-state index in [1.165, 1.54) is 5.56 Å². The van der Waals surface area contributed by atoms with Crippen molar-refractivity contribution in [2.45, 2.75) is 26.9 Å². The summed E-state index contributed by atoms with van der Waals surface area (Å²) in [6.45, 7) is 8.75. The molecule has 0 bridgehead atoms. The lowest BCUT2D eigenvalue weighted by Gasteiger charge is -2.17. The van der Waals surface area contributed by atoms with Gasteiger partial charge in [-0.3, -0.25) is 4.79 Å². The van der Waals surface area contributed by atoms with Crippen LogP contribution in [0.2, 0.25) is 0 Å². The lowest BCUT2D eigenvalue weighted by molar-refractivity contribution is 0.0929. The standard InChI is InChI=1S/C29H26BrIN2O4/c1-4-6-21-11-20(12-25(35-5-2)28(21)36-17-19-9-7-18(3)8-10-19)16-32-33-29(34)26-14-22-13-23(30)15-24(31)27(22)37-26/h4,7-16H,1,5-6,17H2,2-3H3,(H,33,34)/b32-16-. The van der Waals surface area contributed by atoms with E-state index in [4.69, 9.17) is 13.9 Å². The molecule has 37 heavy (non-hydrogen) atoms. The van der Waals surface area contributed by atoms with Gasteiger partial charge in [0.25, 0.3) is 0 Å². The second kappa shape index (κ2) is 12.4. The molecule has 190 valence electrons. The van der Waals surface area contributed by atoms with Crippen LogP contribution in [-0.4, -0.2) is 18.7 Å². The van der Waals surface area contributed by atoms with Gasteiger partial charge in [0.1, 0.15) is 12.2 Å². The topological polar surface area (TPSA) is 73.1 Å². The van der Waals surface area contributed by atoms with Crippen molar-refractivity contribution in [1.29, 1.82) is 0 Å². The van der Waals surface area contributed by atoms with Crippen LogP contribution in [0.5, 0.6) is 11.5 Å². The van der Waals surface area contributed by atoms with Crippen LogP contribution in [0.1, 0.15) is 39.7 Å². The molecule has 1 aromatic heterocycles. The highest BCUT2D eigenvalue weighted by molar-refractivity contribution is 14.1. The molecule has 0 saturated heterocycles. The summed E-state index contributed by atoms with van der Waals surface area (Å²) in [5.41, 5.74) is 7.14. The van der Waals surface area contributed by atoms with E-state index < -0.39 is 5.91 Å². The van der Waals surface area contributed by atoms with Gasteiger partial charge in [0.05, 0.1) is 16.4 Å². The molecule has 1 heterocycles. The van der Waals surface area contributed by atoms with Crippen LogP contribution in [0.15, 0.2) is 81.2 Å². The Morgan fingerprint density at radius 2 is 1.95 bits per heavy atom. The summed E-state index contributed by atoms with van der Waals surface area (Å²) in [7, 11) is 0. The number of rotatable bonds is 10. The van der Waals surface area contributed by atoms with Gasteiger partial charge in [-0.1, -0.05) is 51.8 Å². The summed E-state index contributed by atoms with van der Waals surface area (Å²) in [5, 5.41) is 4.98. The Morgan fingerprint density at radius 1 is 1.16 bits per heavy atom. The van der Waals surface area contributed by atoms with Gasteiger partial charge in [0.2, 0.25) is 0 Å². The van der Waals surface area contributed by atoms with E-state index >= 15 is 0 Å². The third-order valence-electron chi connectivity index (χ3n) is 5.46. The molecular formula is C29H26BrIN2O4. The normalized spacial score (nSPS) is 11.1. The quantitative estimate of drug-likeness (QED) is 0.0816. The number of halogens is 2. The molecular weight excluding hydrogens is 647 g/mol. The molecule has 0 unspecified atom stereocenters. The zero-order chi connectivity index (χ0) is 26.4. The number of carbonyl (C=O) groups is 1. The van der Waals surface area contributed by atoms with Crippen LogP contribution >= 0.6 is 38.5 Å². The summed E-state index contributed by atoms with van der Waals surface area (Å²) in [6, 6.07) is 17.5. The predicted octanol–water partition coefficient (Wildman–Crippen LogP) is 7.58. The summed E-state index contributed by atoms with van der Waals surface area (Å²) >= 11 is 5.64. The number of nitrogens with one attached hydrogen (secondary N) is 1. The van der Waals surface area contributed by atoms with Crippen LogP contribution < -0.4 is 14.9 Å². The third kappa shape index (κ3) is 6.81. The maximum absolute atomic E-state index is 12.6. The van der Waals surface area contributed by atoms with Crippen LogP contribution in [0.3, 0.4) is 0 Å². The average molecular weight is 673 g/mol. The van der Waals surface area contributed by atoms with Crippen molar-refractivity contribution in [2.24, 2.45) is 5.10 Å². The molecule has 4 aromatic rings. The first-order chi connectivity index (χ1) is 17.9. The SMILES string of the molecule is C=CCc1cc(/C=N\NC(=O)c2cc3cc(Br)cc(I)c3o2)cc(OCC)c1OCc1ccc(C)cc1. The van der Waals surface area contributed by atoms with Gasteiger partial charge >= 0.3 is 5.91 Å². The molecule has 0 spiro atoms. The van der Waals surface area contributed by atoms with Gasteiger partial charge < -0.3 is 13.9 Å². The van der Waals surface area contributed by atoms with Crippen LogP contribution in [-0.2, 0) is 13.0 Å². The highest BCUT2D eigenvalue weighted by Gasteiger charge is 2.15. The van der Waals surface area contributed by atoms with E-state index in [2.05, 4.69) is 74.7 Å². The number of amides is 1. The van der Waals surface area contributed by atoms with Gasteiger partial charge in [0, 0.05) is 15.4 Å². The minimum atomic E-state index is -0.436. The highest BCUT2D eigenvalue weighted by Crippen LogP contribution is 2.34. The zero-order valence-electron chi connectivity index (χ0n) is 20.5. The fraction of sp³-hybridized carbons (Fsp3) is 0.172. The summed E-state index contributed by atoms with van der Waals surface area (Å²) in [4.78, 5) is 12.6. The maximum atomic E-state index is 12.6. The lowest BCUT2D eigenvalue weighted by atomic mass is 10.1. The molecule has 0 atom stereocenters. The van der Waals surface area contributed by atoms with Crippen molar-refractivity contribution < 1.29 is 18.7 Å². The van der Waals surface area contributed by atoms with Crippen LogP contribution in [0.25, 0.3) is 11.0 Å². The Bertz CT molecular complexity index is 1460. The molecule has 0 radical (unpaired) electrons. The molecule has 0 saturated carbocycles. The highest BCUT2D eigenvalue weighted by atomic mass is 127. The Labute approximate surface area is 238 Å². The second-order valence-electron chi connectivity index (χ2n) is 8.32. The molecule has 0 fully saturated rings. The number of fused-ring (bicyclic) bond motifs is 1. The first kappa shape index (κ1) is 26.9. The number of hydrogen-bond acceptors (Lipinski definition) is 5. The summed E-state index contributed by atoms with van der Waals surface area (Å²) in [5.74, 6) is 1.03. The van der Waals surface area contributed by atoms with Crippen molar-refractivity contribution in [3.8, 4) is 11.5 Å². The number of ether oxygens (including phenoxy) is 2. The number of aryl methyl sites for hydroxylation is 1. The smallest absolute Gasteiger partial charge is 0.307 e. The minimum absolute atomic E-state index is 0.186. The van der Waals surface area contributed by atoms with Gasteiger partial charge in [-0.15, -0.1) is 6.58 Å². The molecule has 8 heteroatoms. The van der Waals surface area contributed by atoms with E-state index in [-0.39, 0.29) is 5.76 Å². The Kier molecular flexibility index (Phi) is 9.04. The molecule has 4 rings (SSSR count). The summed E-state index contributed by atoms with van der Waals surface area (Å²) < 4.78 is 19.7. The Morgan fingerprint density at radius 3 is 2.68 bits per heavy atom. The predicted molar refractivity (Wildman–Crippen MR) is 159 cm³/mol. The Balaban J connectivity index is 1.53. The first-order valence-corrected chi connectivity index (χ1v) is 13.6. The monoisotopic (exact) mass is 672 g/mol. The Hall–Kier alpha value is -3.11. The van der Waals surface area contributed by atoms with E-state index in [0.717, 1.165) is 30.1 Å². The molecule has 0 aliphatic carbocycles. The van der Waals surface area contributed by atoms with Crippen molar-refractivity contribution in [1.82, 2.24) is 5.43 Å². The van der Waals surface area contributed by atoms with Crippen molar-refractivity contribution in [2.75, 3.05) is 6.61 Å². The van der Waals surface area contributed by atoms with E-state index in [1.807, 2.05) is 49.4 Å². The average Bonchev–Trinajstić information content (AvgIpc) is 3.30.